The van der Waals surface area contributed by atoms with Gasteiger partial charge < -0.3 is 52.6 Å². The van der Waals surface area contributed by atoms with Crippen LogP contribution in [0.2, 0.25) is 0 Å². The normalized spacial score (nSPS) is 16.7. The van der Waals surface area contributed by atoms with Crippen LogP contribution in [0.5, 0.6) is 17.2 Å². The second kappa shape index (κ2) is 20.5. The Morgan fingerprint density at radius 3 is 1.02 bits per heavy atom. The van der Waals surface area contributed by atoms with Crippen LogP contribution in [-0.2, 0) is 14.4 Å². The lowest BCUT2D eigenvalue weighted by molar-refractivity contribution is -0.129. The van der Waals surface area contributed by atoms with Crippen molar-refractivity contribution in [3.8, 4) is 17.2 Å². The molecule has 0 atom stereocenters. The lowest BCUT2D eigenvalue weighted by Gasteiger charge is -2.35. The number of piperazine rings is 3. The number of carbonyl (C=O) groups is 3. The molecule has 3 fully saturated rings. The van der Waals surface area contributed by atoms with Gasteiger partial charge in [0, 0.05) is 103 Å². The second-order valence-electron chi connectivity index (χ2n) is 12.5. The number of likely N-dealkylation sites (N-methyl/N-ethyl adjacent to an activating group) is 2. The van der Waals surface area contributed by atoms with Gasteiger partial charge in [-0.1, -0.05) is 0 Å². The van der Waals surface area contributed by atoms with Crippen molar-refractivity contribution in [2.24, 2.45) is 0 Å². The Morgan fingerprint density at radius 2 is 0.765 bits per heavy atom. The average Bonchev–Trinajstić information content (AvgIpc) is 3.14. The monoisotopic (exact) mass is 720 g/mol. The number of hydrogen-bond donors (Lipinski definition) is 0. The minimum Gasteiger partial charge on any atom is -0.409 e. The minimum atomic E-state index is -1.79. The molecular formula is C38H53N6O6P. The molecular weight excluding hydrogens is 667 g/mol. The van der Waals surface area contributed by atoms with Crippen molar-refractivity contribution in [1.82, 2.24) is 14.7 Å². The Labute approximate surface area is 304 Å². The molecule has 0 spiro atoms. The number of hydrogen-bond acceptors (Lipinski definition) is 11. The largest absolute Gasteiger partial charge is 0.530 e. The molecule has 0 saturated carbocycles. The Morgan fingerprint density at radius 1 is 0.510 bits per heavy atom. The van der Waals surface area contributed by atoms with Crippen molar-refractivity contribution in [1.29, 1.82) is 0 Å². The van der Waals surface area contributed by atoms with Gasteiger partial charge in [-0.3, -0.25) is 4.79 Å². The zero-order chi connectivity index (χ0) is 36.6. The summed E-state index contributed by atoms with van der Waals surface area (Å²) >= 11 is 0. The summed E-state index contributed by atoms with van der Waals surface area (Å²) in [6.45, 7) is 15.9. The molecule has 0 N–H and O–H groups in total. The van der Waals surface area contributed by atoms with Gasteiger partial charge in [-0.15, -0.1) is 0 Å². The van der Waals surface area contributed by atoms with Crippen LogP contribution in [0.25, 0.3) is 0 Å². The Hall–Kier alpha value is -4.38. The molecule has 12 nitrogen and oxygen atoms in total. The molecule has 6 rings (SSSR count). The smallest absolute Gasteiger partial charge is 0.409 e. The first-order chi connectivity index (χ1) is 24.7. The molecule has 0 aliphatic carbocycles. The predicted molar refractivity (Wildman–Crippen MR) is 205 cm³/mol. The van der Waals surface area contributed by atoms with Gasteiger partial charge >= 0.3 is 8.60 Å². The fourth-order valence-corrected chi connectivity index (χ4v) is 6.87. The van der Waals surface area contributed by atoms with Crippen molar-refractivity contribution >= 4 is 44.1 Å². The molecule has 276 valence electrons. The highest BCUT2D eigenvalue weighted by Crippen LogP contribution is 2.43. The number of benzene rings is 3. The summed E-state index contributed by atoms with van der Waals surface area (Å²) in [4.78, 5) is 43.0. The van der Waals surface area contributed by atoms with Crippen LogP contribution < -0.4 is 28.3 Å². The maximum absolute atomic E-state index is 11.7. The van der Waals surface area contributed by atoms with E-state index in [-0.39, 0.29) is 5.91 Å². The van der Waals surface area contributed by atoms with E-state index in [0.29, 0.717) is 17.2 Å². The van der Waals surface area contributed by atoms with Crippen LogP contribution >= 0.6 is 8.60 Å². The van der Waals surface area contributed by atoms with Crippen molar-refractivity contribution in [2.75, 3.05) is 107 Å². The number of rotatable bonds is 9. The third-order valence-corrected chi connectivity index (χ3v) is 9.96. The van der Waals surface area contributed by atoms with Crippen molar-refractivity contribution in [2.45, 2.75) is 20.8 Å². The quantitative estimate of drug-likeness (QED) is 0.220. The minimum absolute atomic E-state index is 0.134. The van der Waals surface area contributed by atoms with E-state index in [1.54, 1.807) is 6.92 Å². The molecule has 0 bridgehead atoms. The predicted octanol–water partition coefficient (Wildman–Crippen LogP) is 5.03. The molecule has 13 heteroatoms. The van der Waals surface area contributed by atoms with Crippen molar-refractivity contribution < 1.29 is 28.0 Å². The standard InChI is InChI=1S/C34H45N6O4P.2C2H4O/c1-28(41)37-24-26-40(27-25-37)31-8-14-34(15-9-31)44-45(42-32-10-4-29(5-11-32)38-20-16-35(2)17-21-38)43-33-12-6-30(7-13-33)39-22-18-36(3)19-23-39;2*1-2-3/h4-15H,16-27H2,1-3H3;2*2H,1H3. The summed E-state index contributed by atoms with van der Waals surface area (Å²) in [5, 5.41) is 0. The molecule has 3 aliphatic rings. The van der Waals surface area contributed by atoms with E-state index in [9.17, 15) is 4.79 Å². The summed E-state index contributed by atoms with van der Waals surface area (Å²) in [5.74, 6) is 2.21. The Bertz CT molecular complexity index is 1400. The first-order valence-electron chi connectivity index (χ1n) is 17.5. The van der Waals surface area contributed by atoms with Gasteiger partial charge in [-0.25, -0.2) is 0 Å². The molecule has 0 unspecified atom stereocenters. The second-order valence-corrected chi connectivity index (χ2v) is 13.5. The van der Waals surface area contributed by atoms with Crippen LogP contribution in [0.4, 0.5) is 17.1 Å². The fraction of sp³-hybridized carbons (Fsp3) is 0.447. The molecule has 51 heavy (non-hydrogen) atoms. The number of anilines is 3. The number of amides is 1. The van der Waals surface area contributed by atoms with Crippen LogP contribution in [-0.4, -0.2) is 126 Å². The van der Waals surface area contributed by atoms with Crippen LogP contribution in [0, 0.1) is 0 Å². The highest BCUT2D eigenvalue weighted by molar-refractivity contribution is 7.43. The van der Waals surface area contributed by atoms with Gasteiger partial charge in [0.25, 0.3) is 0 Å². The molecule has 3 aromatic carbocycles. The van der Waals surface area contributed by atoms with Crippen molar-refractivity contribution in [3.05, 3.63) is 72.8 Å². The van der Waals surface area contributed by atoms with Gasteiger partial charge in [0.05, 0.1) is 0 Å². The van der Waals surface area contributed by atoms with E-state index in [1.165, 1.54) is 25.2 Å². The maximum Gasteiger partial charge on any atom is 0.530 e. The summed E-state index contributed by atoms with van der Waals surface area (Å²) < 4.78 is 19.0. The molecule has 3 aliphatic heterocycles. The van der Waals surface area contributed by atoms with E-state index in [1.807, 2.05) is 41.3 Å². The first-order valence-corrected chi connectivity index (χ1v) is 18.6. The van der Waals surface area contributed by atoms with Crippen LogP contribution in [0.1, 0.15) is 20.8 Å². The van der Waals surface area contributed by atoms with Gasteiger partial charge in [0.1, 0.15) is 29.8 Å². The summed E-state index contributed by atoms with van der Waals surface area (Å²) in [6, 6.07) is 24.5. The van der Waals surface area contributed by atoms with E-state index in [4.69, 9.17) is 23.2 Å². The SMILES string of the molecule is CC(=O)N1CCN(c2ccc(OP(Oc3ccc(N4CCN(C)CC4)cc3)Oc3ccc(N4CCN(C)CC4)cc3)cc2)CC1.CC=O.CC=O. The van der Waals surface area contributed by atoms with Gasteiger partial charge in [0.15, 0.2) is 0 Å². The van der Waals surface area contributed by atoms with Crippen LogP contribution in [0.15, 0.2) is 72.8 Å². The maximum atomic E-state index is 11.7. The zero-order valence-electron chi connectivity index (χ0n) is 30.6. The lowest BCUT2D eigenvalue weighted by Crippen LogP contribution is -2.48. The number of carbonyl (C=O) groups excluding carboxylic acids is 3. The fourth-order valence-electron chi connectivity index (χ4n) is 5.88. The third kappa shape index (κ3) is 12.4. The molecule has 3 aromatic rings. The van der Waals surface area contributed by atoms with E-state index >= 15 is 0 Å². The zero-order valence-corrected chi connectivity index (χ0v) is 31.5. The molecule has 1 amide bonds. The van der Waals surface area contributed by atoms with Crippen molar-refractivity contribution in [3.63, 3.8) is 0 Å². The Balaban J connectivity index is 0.000000909. The highest BCUT2D eigenvalue weighted by Gasteiger charge is 2.23. The topological polar surface area (TPSA) is 98.3 Å². The van der Waals surface area contributed by atoms with Gasteiger partial charge in [-0.2, -0.15) is 0 Å². The van der Waals surface area contributed by atoms with Gasteiger partial charge in [-0.05, 0) is 101 Å². The van der Waals surface area contributed by atoms with E-state index in [2.05, 4.69) is 75.0 Å². The highest BCUT2D eigenvalue weighted by atomic mass is 31.2. The number of aldehydes is 2. The lowest BCUT2D eigenvalue weighted by atomic mass is 10.2. The third-order valence-electron chi connectivity index (χ3n) is 8.88. The Kier molecular flexibility index (Phi) is 15.8. The summed E-state index contributed by atoms with van der Waals surface area (Å²) in [6.07, 6.45) is 1.50. The molecule has 0 aromatic heterocycles. The number of nitrogens with zero attached hydrogens (tertiary/aromatic N) is 6. The average molecular weight is 721 g/mol. The molecule has 0 radical (unpaired) electrons. The van der Waals surface area contributed by atoms with Gasteiger partial charge in [0.2, 0.25) is 5.91 Å². The summed E-state index contributed by atoms with van der Waals surface area (Å²) in [5.41, 5.74) is 3.50. The van der Waals surface area contributed by atoms with Crippen LogP contribution in [0.3, 0.4) is 0 Å². The molecule has 3 heterocycles. The molecule has 3 saturated heterocycles. The van der Waals surface area contributed by atoms with E-state index < -0.39 is 8.60 Å². The summed E-state index contributed by atoms with van der Waals surface area (Å²) in [7, 11) is 2.55. The first kappa shape index (κ1) is 39.4. The van der Waals surface area contributed by atoms with E-state index in [0.717, 1.165) is 96.8 Å².